The van der Waals surface area contributed by atoms with Crippen molar-refractivity contribution < 1.29 is 24.3 Å². The van der Waals surface area contributed by atoms with E-state index in [1.807, 2.05) is 0 Å². The molecule has 1 heterocycles. The van der Waals surface area contributed by atoms with Gasteiger partial charge in [0.2, 0.25) is 17.7 Å². The Morgan fingerprint density at radius 1 is 1.00 bits per heavy atom. The summed E-state index contributed by atoms with van der Waals surface area (Å²) in [5, 5.41) is 17.2. The molecule has 4 unspecified atom stereocenters. The van der Waals surface area contributed by atoms with Crippen LogP contribution < -0.4 is 33.2 Å². The Morgan fingerprint density at radius 2 is 1.64 bits per heavy atom. The number of aliphatic imine (C=N–C) groups is 1. The zero-order valence-corrected chi connectivity index (χ0v) is 21.2. The molecule has 3 amide bonds. The molecule has 1 rings (SSSR count). The van der Waals surface area contributed by atoms with Crippen LogP contribution in [0.3, 0.4) is 0 Å². The molecule has 0 radical (unpaired) electrons. The first-order valence-corrected chi connectivity index (χ1v) is 11.8. The average Bonchev–Trinajstić information content (AvgIpc) is 3.30. The molecule has 0 spiro atoms. The first-order chi connectivity index (χ1) is 16.8. The summed E-state index contributed by atoms with van der Waals surface area (Å²) in [5.74, 6) is -3.68. The number of carboxylic acid groups (broad SMARTS) is 1. The maximum Gasteiger partial charge on any atom is 0.326 e. The summed E-state index contributed by atoms with van der Waals surface area (Å²) in [4.78, 5) is 60.9. The Hall–Kier alpha value is -3.68. The highest BCUT2D eigenvalue weighted by Crippen LogP contribution is 2.08. The van der Waals surface area contributed by atoms with Gasteiger partial charge in [-0.2, -0.15) is 0 Å². The van der Waals surface area contributed by atoms with Gasteiger partial charge in [0.25, 0.3) is 0 Å². The second-order valence-corrected chi connectivity index (χ2v) is 9.19. The first kappa shape index (κ1) is 30.4. The van der Waals surface area contributed by atoms with Crippen LogP contribution in [0.2, 0.25) is 0 Å². The van der Waals surface area contributed by atoms with Crippen molar-refractivity contribution in [2.75, 3.05) is 6.54 Å². The predicted molar refractivity (Wildman–Crippen MR) is 133 cm³/mol. The maximum atomic E-state index is 13.2. The number of nitrogens with zero attached hydrogens (tertiary/aromatic N) is 2. The van der Waals surface area contributed by atoms with Crippen LogP contribution in [0.5, 0.6) is 0 Å². The SMILES string of the molecule is CC(C)C(N)C(=O)NC(Cc1cnc[nH]1)C(=O)NC(C(=O)NC(CCCN=C(N)N)C(=O)O)C(C)C. The molecule has 0 aliphatic carbocycles. The number of amides is 3. The van der Waals surface area contributed by atoms with Crippen molar-refractivity contribution in [1.29, 1.82) is 0 Å². The van der Waals surface area contributed by atoms with Gasteiger partial charge in [0.05, 0.1) is 12.4 Å². The summed E-state index contributed by atoms with van der Waals surface area (Å²) in [6, 6.07) is -4.14. The summed E-state index contributed by atoms with van der Waals surface area (Å²) in [7, 11) is 0. The van der Waals surface area contributed by atoms with Crippen molar-refractivity contribution >= 4 is 29.7 Å². The predicted octanol–water partition coefficient (Wildman–Crippen LogP) is -1.82. The van der Waals surface area contributed by atoms with Gasteiger partial charge < -0.3 is 43.2 Å². The van der Waals surface area contributed by atoms with Gasteiger partial charge in [-0.05, 0) is 24.7 Å². The number of aliphatic carboxylic acids is 1. The van der Waals surface area contributed by atoms with Gasteiger partial charge in [0.15, 0.2) is 5.96 Å². The third kappa shape index (κ3) is 10.3. The standard InChI is InChI=1S/C22H39N9O5/c1-11(2)16(23)19(33)30-15(8-13-9-26-10-28-13)18(32)31-17(12(3)4)20(34)29-14(21(35)36)6-5-7-27-22(24)25/h9-12,14-17H,5-8,23H2,1-4H3,(H,26,28)(H,29,34)(H,30,33)(H,31,32)(H,35,36)(H4,24,25,27). The molecular weight excluding hydrogens is 470 g/mol. The quantitative estimate of drug-likeness (QED) is 0.0752. The number of guanidine groups is 1. The lowest BCUT2D eigenvalue weighted by molar-refractivity contribution is -0.142. The first-order valence-electron chi connectivity index (χ1n) is 11.8. The molecule has 0 aromatic carbocycles. The van der Waals surface area contributed by atoms with Crippen LogP contribution in [0.4, 0.5) is 0 Å². The molecule has 0 saturated heterocycles. The third-order valence-corrected chi connectivity index (χ3v) is 5.44. The van der Waals surface area contributed by atoms with Crippen molar-refractivity contribution in [2.45, 2.75) is 71.1 Å². The molecule has 1 aromatic rings. The molecule has 0 aliphatic rings. The van der Waals surface area contributed by atoms with Crippen molar-refractivity contribution in [3.8, 4) is 0 Å². The lowest BCUT2D eigenvalue weighted by Crippen LogP contribution is -2.59. The number of H-pyrrole nitrogens is 1. The molecular formula is C22H39N9O5. The van der Waals surface area contributed by atoms with Crippen molar-refractivity contribution in [3.05, 3.63) is 18.2 Å². The van der Waals surface area contributed by atoms with E-state index in [0.717, 1.165) is 0 Å². The number of imidazole rings is 1. The van der Waals surface area contributed by atoms with Gasteiger partial charge in [-0.3, -0.25) is 19.4 Å². The Balaban J connectivity index is 2.96. The number of aromatic amines is 1. The number of carbonyl (C=O) groups excluding carboxylic acids is 3. The molecule has 14 nitrogen and oxygen atoms in total. The fourth-order valence-corrected chi connectivity index (χ4v) is 3.21. The minimum Gasteiger partial charge on any atom is -0.480 e. The normalized spacial score (nSPS) is 14.4. The Labute approximate surface area is 210 Å². The van der Waals surface area contributed by atoms with E-state index in [-0.39, 0.29) is 37.2 Å². The Morgan fingerprint density at radius 3 is 2.14 bits per heavy atom. The smallest absolute Gasteiger partial charge is 0.326 e. The number of nitrogens with one attached hydrogen (secondary N) is 4. The largest absolute Gasteiger partial charge is 0.480 e. The lowest BCUT2D eigenvalue weighted by Gasteiger charge is -2.27. The van der Waals surface area contributed by atoms with E-state index >= 15 is 0 Å². The highest BCUT2D eigenvalue weighted by Gasteiger charge is 2.32. The number of aromatic nitrogens is 2. The van der Waals surface area contributed by atoms with E-state index in [1.54, 1.807) is 27.7 Å². The molecule has 36 heavy (non-hydrogen) atoms. The van der Waals surface area contributed by atoms with E-state index in [0.29, 0.717) is 12.1 Å². The summed E-state index contributed by atoms with van der Waals surface area (Å²) < 4.78 is 0. The zero-order valence-electron chi connectivity index (χ0n) is 21.2. The third-order valence-electron chi connectivity index (χ3n) is 5.44. The molecule has 0 saturated carbocycles. The summed E-state index contributed by atoms with van der Waals surface area (Å²) in [5.41, 5.74) is 17.0. The summed E-state index contributed by atoms with van der Waals surface area (Å²) in [6.07, 6.45) is 3.44. The molecule has 0 fully saturated rings. The molecule has 0 bridgehead atoms. The molecule has 0 aliphatic heterocycles. The highest BCUT2D eigenvalue weighted by atomic mass is 16.4. The molecule has 11 N–H and O–H groups in total. The second kappa shape index (κ2) is 14.7. The van der Waals surface area contributed by atoms with Crippen molar-refractivity contribution in [3.63, 3.8) is 0 Å². The molecule has 1 aromatic heterocycles. The minimum atomic E-state index is -1.23. The van der Waals surface area contributed by atoms with Crippen LogP contribution in [0.25, 0.3) is 0 Å². The van der Waals surface area contributed by atoms with Crippen LogP contribution in [-0.2, 0) is 25.6 Å². The van der Waals surface area contributed by atoms with E-state index in [4.69, 9.17) is 17.2 Å². The number of hydrogen-bond donors (Lipinski definition) is 8. The Bertz CT molecular complexity index is 898. The van der Waals surface area contributed by atoms with Crippen molar-refractivity contribution in [2.24, 2.45) is 34.0 Å². The van der Waals surface area contributed by atoms with Gasteiger partial charge in [0, 0.05) is 24.9 Å². The molecule has 14 heteroatoms. The van der Waals surface area contributed by atoms with Crippen LogP contribution in [0.1, 0.15) is 46.2 Å². The lowest BCUT2D eigenvalue weighted by atomic mass is 10.0. The minimum absolute atomic E-state index is 0.0807. The maximum absolute atomic E-state index is 13.2. The fraction of sp³-hybridized carbons (Fsp3) is 0.636. The molecule has 4 atom stereocenters. The second-order valence-electron chi connectivity index (χ2n) is 9.19. The van der Waals surface area contributed by atoms with E-state index in [1.165, 1.54) is 12.5 Å². The average molecular weight is 510 g/mol. The zero-order chi connectivity index (χ0) is 27.4. The fourth-order valence-electron chi connectivity index (χ4n) is 3.21. The van der Waals surface area contributed by atoms with E-state index < -0.39 is 47.9 Å². The van der Waals surface area contributed by atoms with Crippen LogP contribution in [0.15, 0.2) is 17.5 Å². The van der Waals surface area contributed by atoms with Gasteiger partial charge in [-0.1, -0.05) is 27.7 Å². The van der Waals surface area contributed by atoms with Crippen LogP contribution in [-0.4, -0.2) is 75.4 Å². The van der Waals surface area contributed by atoms with Crippen LogP contribution in [0, 0.1) is 11.8 Å². The summed E-state index contributed by atoms with van der Waals surface area (Å²) >= 11 is 0. The van der Waals surface area contributed by atoms with Gasteiger partial charge in [-0.15, -0.1) is 0 Å². The number of carbonyl (C=O) groups is 4. The van der Waals surface area contributed by atoms with Gasteiger partial charge in [0.1, 0.15) is 18.1 Å². The van der Waals surface area contributed by atoms with E-state index in [9.17, 15) is 24.3 Å². The molecule has 202 valence electrons. The van der Waals surface area contributed by atoms with E-state index in [2.05, 4.69) is 30.9 Å². The topological polar surface area (TPSA) is 244 Å². The van der Waals surface area contributed by atoms with Gasteiger partial charge in [-0.25, -0.2) is 9.78 Å². The number of rotatable bonds is 15. The highest BCUT2D eigenvalue weighted by molar-refractivity contribution is 5.94. The number of hydrogen-bond acceptors (Lipinski definition) is 7. The van der Waals surface area contributed by atoms with Crippen LogP contribution >= 0.6 is 0 Å². The summed E-state index contributed by atoms with van der Waals surface area (Å²) in [6.45, 7) is 7.18. The number of carboxylic acids is 1. The Kier molecular flexibility index (Phi) is 12.4. The van der Waals surface area contributed by atoms with Crippen molar-refractivity contribution in [1.82, 2.24) is 25.9 Å². The van der Waals surface area contributed by atoms with Gasteiger partial charge >= 0.3 is 5.97 Å². The number of nitrogens with two attached hydrogens (primary N) is 3. The monoisotopic (exact) mass is 509 g/mol.